The average Bonchev–Trinajstić information content (AvgIpc) is 2.39. The molecule has 0 aromatic heterocycles. The Morgan fingerprint density at radius 3 is 2.43 bits per heavy atom. The van der Waals surface area contributed by atoms with Gasteiger partial charge in [0.15, 0.2) is 0 Å². The third-order valence-corrected chi connectivity index (χ3v) is 3.21. The van der Waals surface area contributed by atoms with Crippen LogP contribution in [-0.2, 0) is 14.3 Å². The van der Waals surface area contributed by atoms with Gasteiger partial charge in [0.05, 0.1) is 18.8 Å². The third kappa shape index (κ3) is 3.87. The zero-order chi connectivity index (χ0) is 16.4. The van der Waals surface area contributed by atoms with Crippen molar-refractivity contribution >= 4 is 11.9 Å². The molecule has 0 aromatic rings. The summed E-state index contributed by atoms with van der Waals surface area (Å²) in [6.07, 6.45) is -7.48. The van der Waals surface area contributed by atoms with E-state index in [9.17, 15) is 30.0 Å². The van der Waals surface area contributed by atoms with Crippen molar-refractivity contribution in [1.82, 2.24) is 5.32 Å². The van der Waals surface area contributed by atoms with Crippen LogP contribution in [0.15, 0.2) is 0 Å². The first-order valence-electron chi connectivity index (χ1n) is 6.18. The summed E-state index contributed by atoms with van der Waals surface area (Å²) in [7, 11) is 0. The van der Waals surface area contributed by atoms with Crippen LogP contribution in [0.4, 0.5) is 0 Å². The number of carboxylic acids is 1. The maximum absolute atomic E-state index is 11.1. The van der Waals surface area contributed by atoms with Gasteiger partial charge in [-0.15, -0.1) is 0 Å². The lowest BCUT2D eigenvalue weighted by atomic mass is 9.88. The number of aliphatic hydroxyl groups is 5. The van der Waals surface area contributed by atoms with Crippen molar-refractivity contribution in [2.75, 3.05) is 6.61 Å². The molecule has 0 spiro atoms. The molecule has 0 saturated carbocycles. The molecule has 10 nitrogen and oxygen atoms in total. The molecule has 1 rings (SSSR count). The second-order valence-corrected chi connectivity index (χ2v) is 4.91. The molecule has 122 valence electrons. The molecule has 0 unspecified atom stereocenters. The van der Waals surface area contributed by atoms with Gasteiger partial charge in [-0.3, -0.25) is 4.79 Å². The van der Waals surface area contributed by atoms with Gasteiger partial charge in [-0.2, -0.15) is 0 Å². The number of hydrogen-bond acceptors (Lipinski definition) is 8. The molecule has 0 aromatic carbocycles. The molecule has 10 heteroatoms. The third-order valence-electron chi connectivity index (χ3n) is 3.21. The van der Waals surface area contributed by atoms with Gasteiger partial charge in [-0.05, 0) is 0 Å². The zero-order valence-electron chi connectivity index (χ0n) is 11.2. The number of carbonyl (C=O) groups is 2. The highest BCUT2D eigenvalue weighted by Crippen LogP contribution is 2.30. The van der Waals surface area contributed by atoms with Gasteiger partial charge in [0.1, 0.15) is 18.3 Å². The van der Waals surface area contributed by atoms with Crippen molar-refractivity contribution in [3.05, 3.63) is 0 Å². The first-order chi connectivity index (χ1) is 9.62. The summed E-state index contributed by atoms with van der Waals surface area (Å²) < 4.78 is 4.86. The Morgan fingerprint density at radius 2 is 2.00 bits per heavy atom. The molecular weight excluding hydrogens is 290 g/mol. The molecule has 1 heterocycles. The summed E-state index contributed by atoms with van der Waals surface area (Å²) >= 11 is 0. The van der Waals surface area contributed by atoms with Crippen molar-refractivity contribution in [2.24, 2.45) is 0 Å². The molecule has 6 atom stereocenters. The van der Waals surface area contributed by atoms with Crippen LogP contribution >= 0.6 is 0 Å². The van der Waals surface area contributed by atoms with Gasteiger partial charge >= 0.3 is 5.97 Å². The van der Waals surface area contributed by atoms with E-state index in [0.717, 1.165) is 6.92 Å². The Hall–Kier alpha value is -1.30. The zero-order valence-corrected chi connectivity index (χ0v) is 11.2. The van der Waals surface area contributed by atoms with Gasteiger partial charge < -0.3 is 40.7 Å². The van der Waals surface area contributed by atoms with E-state index in [2.05, 4.69) is 5.32 Å². The van der Waals surface area contributed by atoms with Crippen molar-refractivity contribution in [2.45, 2.75) is 49.6 Å². The summed E-state index contributed by atoms with van der Waals surface area (Å²) in [5.41, 5.74) is 0. The van der Waals surface area contributed by atoms with Gasteiger partial charge in [-0.25, -0.2) is 4.79 Å². The van der Waals surface area contributed by atoms with E-state index in [-0.39, 0.29) is 0 Å². The van der Waals surface area contributed by atoms with Crippen molar-refractivity contribution in [3.63, 3.8) is 0 Å². The molecular formula is C11H19NO9. The maximum Gasteiger partial charge on any atom is 0.364 e. The standard InChI is InChI=1S/C11H19NO9/c1-4(14)12-7-5(15)2-11(20,10(18)19)21-9(7)8(17)6(16)3-13/h5-9,13,15-17,20H,2-3H2,1H3,(H,12,14)(H,18,19)/t5-,6-,7+,8-,9-,11+/m1/s1. The summed E-state index contributed by atoms with van der Waals surface area (Å²) in [4.78, 5) is 22.1. The van der Waals surface area contributed by atoms with Gasteiger partial charge in [-0.1, -0.05) is 0 Å². The topological polar surface area (TPSA) is 177 Å². The van der Waals surface area contributed by atoms with Gasteiger partial charge in [0, 0.05) is 13.3 Å². The second-order valence-electron chi connectivity index (χ2n) is 4.91. The molecule has 1 saturated heterocycles. The molecule has 0 bridgehead atoms. The molecule has 1 amide bonds. The van der Waals surface area contributed by atoms with E-state index < -0.39 is 61.1 Å². The lowest BCUT2D eigenvalue weighted by molar-refractivity contribution is -0.295. The minimum absolute atomic E-state index is 0.598. The molecule has 1 fully saturated rings. The number of carboxylic acid groups (broad SMARTS) is 1. The van der Waals surface area contributed by atoms with Crippen LogP contribution in [0, 0.1) is 0 Å². The van der Waals surface area contributed by atoms with E-state index in [1.54, 1.807) is 0 Å². The van der Waals surface area contributed by atoms with Crippen LogP contribution in [0.5, 0.6) is 0 Å². The predicted molar refractivity (Wildman–Crippen MR) is 64.8 cm³/mol. The fraction of sp³-hybridized carbons (Fsp3) is 0.818. The van der Waals surface area contributed by atoms with Crippen LogP contribution < -0.4 is 5.32 Å². The number of aliphatic carboxylic acids is 1. The van der Waals surface area contributed by atoms with E-state index >= 15 is 0 Å². The largest absolute Gasteiger partial charge is 0.477 e. The smallest absolute Gasteiger partial charge is 0.364 e. The van der Waals surface area contributed by atoms with Crippen LogP contribution in [0.25, 0.3) is 0 Å². The Kier molecular flexibility index (Phi) is 5.61. The van der Waals surface area contributed by atoms with Crippen molar-refractivity contribution in [3.8, 4) is 0 Å². The highest BCUT2D eigenvalue weighted by molar-refractivity contribution is 5.76. The minimum Gasteiger partial charge on any atom is -0.477 e. The Labute approximate surface area is 119 Å². The normalized spacial score (nSPS) is 35.8. The van der Waals surface area contributed by atoms with Crippen molar-refractivity contribution < 1.29 is 45.0 Å². The fourth-order valence-electron chi connectivity index (χ4n) is 2.14. The van der Waals surface area contributed by atoms with Crippen LogP contribution in [0.3, 0.4) is 0 Å². The number of nitrogens with one attached hydrogen (secondary N) is 1. The number of carbonyl (C=O) groups excluding carboxylic acids is 1. The minimum atomic E-state index is -2.78. The summed E-state index contributed by atoms with van der Waals surface area (Å²) in [5.74, 6) is -5.17. The number of rotatable bonds is 5. The lowest BCUT2D eigenvalue weighted by Crippen LogP contribution is -2.67. The quantitative estimate of drug-likeness (QED) is 0.268. The summed E-state index contributed by atoms with van der Waals surface area (Å²) in [6, 6.07) is -1.27. The summed E-state index contributed by atoms with van der Waals surface area (Å²) in [5, 5.41) is 59.0. The summed E-state index contributed by atoms with van der Waals surface area (Å²) in [6.45, 7) is 0.256. The first-order valence-corrected chi connectivity index (χ1v) is 6.18. The van der Waals surface area contributed by atoms with Crippen molar-refractivity contribution in [1.29, 1.82) is 0 Å². The Bertz CT molecular complexity index is 403. The highest BCUT2D eigenvalue weighted by atomic mass is 16.7. The lowest BCUT2D eigenvalue weighted by Gasteiger charge is -2.44. The number of hydrogen-bond donors (Lipinski definition) is 7. The second kappa shape index (κ2) is 6.64. The van der Waals surface area contributed by atoms with E-state index in [1.165, 1.54) is 0 Å². The maximum atomic E-state index is 11.1. The monoisotopic (exact) mass is 309 g/mol. The number of ether oxygens (including phenoxy) is 1. The predicted octanol–water partition coefficient (Wildman–Crippen LogP) is -3.87. The molecule has 0 aliphatic carbocycles. The molecule has 0 radical (unpaired) electrons. The van der Waals surface area contributed by atoms with E-state index in [4.69, 9.17) is 14.9 Å². The van der Waals surface area contributed by atoms with Crippen LogP contribution in [0.2, 0.25) is 0 Å². The van der Waals surface area contributed by atoms with Gasteiger partial charge in [0.25, 0.3) is 5.79 Å². The highest BCUT2D eigenvalue weighted by Gasteiger charge is 2.53. The van der Waals surface area contributed by atoms with Crippen LogP contribution in [-0.4, -0.2) is 85.4 Å². The number of amides is 1. The van der Waals surface area contributed by atoms with Gasteiger partial charge in [0.2, 0.25) is 5.91 Å². The Balaban J connectivity index is 3.07. The molecule has 1 aliphatic heterocycles. The molecule has 7 N–H and O–H groups in total. The SMILES string of the molecule is CC(=O)N[C@@H]1[C@H]([C@H](O)[C@H](O)CO)O[C@](O)(C(=O)O)C[C@H]1O. The van der Waals surface area contributed by atoms with E-state index in [1.807, 2.05) is 0 Å². The van der Waals surface area contributed by atoms with E-state index in [0.29, 0.717) is 0 Å². The molecule has 1 aliphatic rings. The van der Waals surface area contributed by atoms with Crippen LogP contribution in [0.1, 0.15) is 13.3 Å². The molecule has 21 heavy (non-hydrogen) atoms. The Morgan fingerprint density at radius 1 is 1.43 bits per heavy atom. The first kappa shape index (κ1) is 17.8. The fourth-order valence-corrected chi connectivity index (χ4v) is 2.14. The number of aliphatic hydroxyl groups excluding tert-OH is 4. The average molecular weight is 309 g/mol.